The van der Waals surface area contributed by atoms with Crippen molar-refractivity contribution in [1.29, 1.82) is 0 Å². The Kier molecular flexibility index (Phi) is 1.06. The van der Waals surface area contributed by atoms with E-state index in [0.717, 1.165) is 18.7 Å². The van der Waals surface area contributed by atoms with Crippen LogP contribution in [0.25, 0.3) is 0 Å². The Balaban J connectivity index is 1.91. The highest BCUT2D eigenvalue weighted by Gasteiger charge is 2.71. The van der Waals surface area contributed by atoms with Gasteiger partial charge in [0.05, 0.1) is 12.2 Å². The van der Waals surface area contributed by atoms with Crippen molar-refractivity contribution < 1.29 is 4.74 Å². The van der Waals surface area contributed by atoms with Crippen LogP contribution in [0, 0.1) is 0 Å². The number of hydrogen-bond donors (Lipinski definition) is 0. The van der Waals surface area contributed by atoms with Crippen LogP contribution >= 0.6 is 0 Å². The Morgan fingerprint density at radius 1 is 1.33 bits per heavy atom. The number of morpholine rings is 1. The van der Waals surface area contributed by atoms with Crippen molar-refractivity contribution in [2.24, 2.45) is 0 Å². The van der Waals surface area contributed by atoms with E-state index in [0.29, 0.717) is 11.1 Å². The van der Waals surface area contributed by atoms with E-state index in [1.165, 1.54) is 12.8 Å². The Labute approximate surface area is 73.9 Å². The highest BCUT2D eigenvalue weighted by Crippen LogP contribution is 2.60. The second kappa shape index (κ2) is 1.73. The van der Waals surface area contributed by atoms with E-state index < -0.39 is 0 Å². The van der Waals surface area contributed by atoms with Gasteiger partial charge in [0.15, 0.2) is 0 Å². The molecule has 1 spiro atoms. The summed E-state index contributed by atoms with van der Waals surface area (Å²) in [6.07, 6.45) is 2.59. The molecule has 2 aliphatic heterocycles. The fourth-order valence-electron chi connectivity index (χ4n) is 3.22. The minimum absolute atomic E-state index is 0.331. The zero-order chi connectivity index (χ0) is 8.56. The molecule has 0 aromatic rings. The highest BCUT2D eigenvalue weighted by atomic mass is 16.5. The van der Waals surface area contributed by atoms with Gasteiger partial charge in [0.1, 0.15) is 0 Å². The van der Waals surface area contributed by atoms with Crippen LogP contribution in [-0.4, -0.2) is 34.7 Å². The molecular weight excluding hydrogens is 150 g/mol. The maximum absolute atomic E-state index is 5.80. The van der Waals surface area contributed by atoms with Crippen LogP contribution in [0.15, 0.2) is 0 Å². The summed E-state index contributed by atoms with van der Waals surface area (Å²) in [6.45, 7) is 7.94. The topological polar surface area (TPSA) is 12.5 Å². The number of hydrogen-bond acceptors (Lipinski definition) is 2. The van der Waals surface area contributed by atoms with Gasteiger partial charge in [-0.1, -0.05) is 0 Å². The molecule has 12 heavy (non-hydrogen) atoms. The third kappa shape index (κ3) is 0.686. The largest absolute Gasteiger partial charge is 0.372 e. The lowest BCUT2D eigenvalue weighted by Gasteiger charge is -2.39. The first-order chi connectivity index (χ1) is 5.53. The molecule has 2 bridgehead atoms. The molecule has 0 radical (unpaired) electrons. The highest BCUT2D eigenvalue weighted by molar-refractivity contribution is 5.25. The van der Waals surface area contributed by atoms with E-state index in [1.807, 2.05) is 0 Å². The molecule has 2 nitrogen and oxygen atoms in total. The molecule has 0 aromatic carbocycles. The summed E-state index contributed by atoms with van der Waals surface area (Å²) in [5.74, 6) is 0. The molecule has 0 N–H and O–H groups in total. The molecule has 3 atom stereocenters. The summed E-state index contributed by atoms with van der Waals surface area (Å²) in [4.78, 5) is 2.68. The van der Waals surface area contributed by atoms with Gasteiger partial charge in [-0.3, -0.25) is 4.90 Å². The molecule has 2 heteroatoms. The molecule has 3 rings (SSSR count). The Hall–Kier alpha value is -0.0800. The van der Waals surface area contributed by atoms with Crippen LogP contribution < -0.4 is 0 Å². The standard InChI is InChI=1S/C10H17NO/c1-9(2,3)11-7-4-10(12-6-7)5-8(10)11/h7-8H,4-6H2,1-3H3/t7-,8-,10?/m1/s1. The average molecular weight is 167 g/mol. The lowest BCUT2D eigenvalue weighted by molar-refractivity contribution is -0.0104. The van der Waals surface area contributed by atoms with E-state index in [9.17, 15) is 0 Å². The van der Waals surface area contributed by atoms with Gasteiger partial charge in [-0.15, -0.1) is 0 Å². The average Bonchev–Trinajstić information content (AvgIpc) is 2.31. The molecule has 1 unspecified atom stereocenters. The van der Waals surface area contributed by atoms with Crippen molar-refractivity contribution in [3.63, 3.8) is 0 Å². The van der Waals surface area contributed by atoms with Gasteiger partial charge in [0.25, 0.3) is 0 Å². The van der Waals surface area contributed by atoms with Crippen molar-refractivity contribution in [2.75, 3.05) is 6.61 Å². The molecule has 1 aliphatic carbocycles. The second-order valence-electron chi connectivity index (χ2n) is 5.53. The maximum Gasteiger partial charge on any atom is 0.0870 e. The number of likely N-dealkylation sites (tertiary alicyclic amines) is 1. The molecule has 0 aromatic heterocycles. The van der Waals surface area contributed by atoms with Gasteiger partial charge in [-0.25, -0.2) is 0 Å². The smallest absolute Gasteiger partial charge is 0.0870 e. The van der Waals surface area contributed by atoms with Gasteiger partial charge in [0.2, 0.25) is 0 Å². The normalized spacial score (nSPS) is 51.2. The Morgan fingerprint density at radius 3 is 2.50 bits per heavy atom. The Morgan fingerprint density at radius 2 is 2.08 bits per heavy atom. The lowest BCUT2D eigenvalue weighted by Crippen LogP contribution is -2.49. The fourth-order valence-corrected chi connectivity index (χ4v) is 3.22. The van der Waals surface area contributed by atoms with E-state index in [4.69, 9.17) is 4.74 Å². The van der Waals surface area contributed by atoms with Gasteiger partial charge < -0.3 is 4.74 Å². The molecule has 0 amide bonds. The second-order valence-corrected chi connectivity index (χ2v) is 5.53. The molecule has 2 heterocycles. The summed E-state index contributed by atoms with van der Waals surface area (Å²) in [5.41, 5.74) is 0.676. The molecule has 2 saturated heterocycles. The van der Waals surface area contributed by atoms with Crippen molar-refractivity contribution in [2.45, 2.75) is 56.8 Å². The minimum atomic E-state index is 0.331. The van der Waals surface area contributed by atoms with E-state index in [2.05, 4.69) is 25.7 Å². The zero-order valence-electron chi connectivity index (χ0n) is 8.13. The van der Waals surface area contributed by atoms with Crippen LogP contribution in [0.3, 0.4) is 0 Å². The number of nitrogens with zero attached hydrogens (tertiary/aromatic N) is 1. The summed E-state index contributed by atoms with van der Waals surface area (Å²) in [6, 6.07) is 1.49. The maximum atomic E-state index is 5.80. The molecule has 1 saturated carbocycles. The molecule has 68 valence electrons. The van der Waals surface area contributed by atoms with E-state index >= 15 is 0 Å². The monoisotopic (exact) mass is 167 g/mol. The molecule has 3 aliphatic rings. The van der Waals surface area contributed by atoms with Gasteiger partial charge in [0, 0.05) is 17.6 Å². The van der Waals surface area contributed by atoms with Gasteiger partial charge in [-0.2, -0.15) is 0 Å². The van der Waals surface area contributed by atoms with E-state index in [-0.39, 0.29) is 0 Å². The van der Waals surface area contributed by atoms with Crippen LogP contribution in [0.2, 0.25) is 0 Å². The fraction of sp³-hybridized carbons (Fsp3) is 1.00. The number of fused-ring (bicyclic) bond motifs is 1. The van der Waals surface area contributed by atoms with Gasteiger partial charge in [-0.05, 0) is 33.6 Å². The Bertz CT molecular complexity index is 228. The van der Waals surface area contributed by atoms with Crippen molar-refractivity contribution in [3.8, 4) is 0 Å². The first kappa shape index (κ1) is 7.34. The zero-order valence-corrected chi connectivity index (χ0v) is 8.13. The minimum Gasteiger partial charge on any atom is -0.372 e. The third-order valence-electron chi connectivity index (χ3n) is 3.63. The molecule has 3 fully saturated rings. The van der Waals surface area contributed by atoms with E-state index in [1.54, 1.807) is 0 Å². The first-order valence-corrected chi connectivity index (χ1v) is 4.95. The quantitative estimate of drug-likeness (QED) is 0.540. The summed E-state index contributed by atoms with van der Waals surface area (Å²) >= 11 is 0. The summed E-state index contributed by atoms with van der Waals surface area (Å²) < 4.78 is 5.80. The first-order valence-electron chi connectivity index (χ1n) is 4.95. The summed E-state index contributed by atoms with van der Waals surface area (Å²) in [7, 11) is 0. The predicted molar refractivity (Wildman–Crippen MR) is 47.1 cm³/mol. The van der Waals surface area contributed by atoms with Crippen molar-refractivity contribution >= 4 is 0 Å². The van der Waals surface area contributed by atoms with Crippen LogP contribution in [0.1, 0.15) is 33.6 Å². The predicted octanol–water partition coefficient (Wildman–Crippen LogP) is 1.40. The SMILES string of the molecule is CC(C)(C)N1[C@H]2COC3(C2)C[C@@H]13. The van der Waals surface area contributed by atoms with Crippen molar-refractivity contribution in [3.05, 3.63) is 0 Å². The molecular formula is C10H17NO. The van der Waals surface area contributed by atoms with Gasteiger partial charge >= 0.3 is 0 Å². The third-order valence-corrected chi connectivity index (χ3v) is 3.63. The van der Waals surface area contributed by atoms with Crippen molar-refractivity contribution in [1.82, 2.24) is 4.90 Å². The summed E-state index contributed by atoms with van der Waals surface area (Å²) in [5, 5.41) is 0. The van der Waals surface area contributed by atoms with Crippen LogP contribution in [-0.2, 0) is 4.74 Å². The van der Waals surface area contributed by atoms with Crippen LogP contribution in [0.5, 0.6) is 0 Å². The number of piperidine rings is 1. The number of rotatable bonds is 0. The van der Waals surface area contributed by atoms with Crippen LogP contribution in [0.4, 0.5) is 0 Å². The number of ether oxygens (including phenoxy) is 1. The lowest BCUT2D eigenvalue weighted by atomic mass is 10.0.